The lowest BCUT2D eigenvalue weighted by molar-refractivity contribution is -0.0506. The summed E-state index contributed by atoms with van der Waals surface area (Å²) in [6.07, 6.45) is 1.13. The second kappa shape index (κ2) is 17.6. The predicted octanol–water partition coefficient (Wildman–Crippen LogP) is 7.69. The highest BCUT2D eigenvalue weighted by Gasteiger charge is 2.58. The van der Waals surface area contributed by atoms with E-state index in [-0.39, 0.29) is 41.7 Å². The van der Waals surface area contributed by atoms with Crippen molar-refractivity contribution in [3.8, 4) is 23.0 Å². The van der Waals surface area contributed by atoms with Crippen LogP contribution in [0.5, 0.6) is 23.0 Å². The second-order valence-corrected chi connectivity index (χ2v) is 19.1. The molecule has 2 amide bonds. The topological polar surface area (TPSA) is 214 Å². The molecule has 71 heavy (non-hydrogen) atoms. The zero-order valence-electron chi connectivity index (χ0n) is 35.9. The first-order chi connectivity index (χ1) is 33.1. The average Bonchev–Trinajstić information content (AvgIpc) is 3.58. The van der Waals surface area contributed by atoms with E-state index in [9.17, 15) is 62.4 Å². The van der Waals surface area contributed by atoms with E-state index in [1.165, 1.54) is 6.07 Å². The van der Waals surface area contributed by atoms with Gasteiger partial charge in [-0.1, -0.05) is 6.07 Å². The Kier molecular flexibility index (Phi) is 12.5. The van der Waals surface area contributed by atoms with Crippen molar-refractivity contribution in [3.05, 3.63) is 122 Å². The van der Waals surface area contributed by atoms with Crippen LogP contribution in [0.15, 0.2) is 63.8 Å². The van der Waals surface area contributed by atoms with Gasteiger partial charge in [0.15, 0.2) is 28.7 Å². The van der Waals surface area contributed by atoms with Crippen molar-refractivity contribution >= 4 is 54.7 Å². The molecular formula is C43H31F10N3O13S2. The van der Waals surface area contributed by atoms with Gasteiger partial charge >= 0.3 is 42.8 Å². The minimum Gasteiger partial charge on any atom is -0.450 e. The molecule has 0 atom stereocenters. The van der Waals surface area contributed by atoms with Gasteiger partial charge in [0.25, 0.3) is 11.8 Å². The zero-order valence-corrected chi connectivity index (χ0v) is 37.6. The van der Waals surface area contributed by atoms with Crippen LogP contribution < -0.4 is 34.3 Å². The molecule has 1 aliphatic carbocycles. The van der Waals surface area contributed by atoms with Crippen LogP contribution in [0, 0.1) is 23.3 Å². The number of amides is 2. The molecule has 3 heterocycles. The molecule has 1 saturated carbocycles. The molecule has 8 rings (SSSR count). The first kappa shape index (κ1) is 50.3. The molecule has 0 radical (unpaired) electrons. The predicted molar refractivity (Wildman–Crippen MR) is 223 cm³/mol. The summed E-state index contributed by atoms with van der Waals surface area (Å²) in [7, 11) is -13.8. The molecule has 0 unspecified atom stereocenters. The fourth-order valence-corrected chi connectivity index (χ4v) is 9.31. The number of hydrogen-bond acceptors (Lipinski definition) is 14. The van der Waals surface area contributed by atoms with Crippen LogP contribution in [0.25, 0.3) is 11.0 Å². The first-order valence-corrected chi connectivity index (χ1v) is 23.5. The molecule has 378 valence electrons. The summed E-state index contributed by atoms with van der Waals surface area (Å²) in [5.41, 5.74) is -19.8. The van der Waals surface area contributed by atoms with Gasteiger partial charge in [-0.25, -0.2) is 18.4 Å². The maximum Gasteiger partial charge on any atom is 0.534 e. The number of esters is 1. The summed E-state index contributed by atoms with van der Waals surface area (Å²) in [5.74, 6) is -20.9. The largest absolute Gasteiger partial charge is 0.534 e. The molecule has 1 aromatic heterocycles. The monoisotopic (exact) mass is 1050 g/mol. The highest BCUT2D eigenvalue weighted by Crippen LogP contribution is 2.60. The van der Waals surface area contributed by atoms with Crippen LogP contribution in [-0.4, -0.2) is 70.8 Å². The Balaban J connectivity index is 1.07. The third-order valence-corrected chi connectivity index (χ3v) is 13.7. The lowest BCUT2D eigenvalue weighted by atomic mass is 9.77. The number of hydrogen-bond donors (Lipinski definition) is 2. The number of benzene rings is 4. The van der Waals surface area contributed by atoms with E-state index < -0.39 is 141 Å². The number of ether oxygens (including phenoxy) is 2. The summed E-state index contributed by atoms with van der Waals surface area (Å²) >= 11 is 0. The van der Waals surface area contributed by atoms with E-state index in [4.69, 9.17) is 13.9 Å². The molecule has 0 saturated heterocycles. The van der Waals surface area contributed by atoms with Crippen LogP contribution >= 0.6 is 0 Å². The maximum absolute atomic E-state index is 16.1. The summed E-state index contributed by atoms with van der Waals surface area (Å²) in [5, 5.41) is 6.02. The summed E-state index contributed by atoms with van der Waals surface area (Å²) in [6, 6.07) is 8.30. The van der Waals surface area contributed by atoms with E-state index in [0.29, 0.717) is 31.3 Å². The van der Waals surface area contributed by atoms with Crippen LogP contribution in [0.1, 0.15) is 87.3 Å². The molecule has 2 N–H and O–H groups in total. The number of carbonyl (C=O) groups excluding carboxylic acids is 3. The number of anilines is 1. The normalized spacial score (nSPS) is 17.4. The number of alkyl halides is 6. The lowest BCUT2D eigenvalue weighted by Crippen LogP contribution is -2.44. The van der Waals surface area contributed by atoms with Gasteiger partial charge < -0.3 is 37.8 Å². The zero-order chi connectivity index (χ0) is 51.9. The molecule has 1 fully saturated rings. The molecule has 1 spiro atoms. The van der Waals surface area contributed by atoms with Gasteiger partial charge in [-0.15, -0.1) is 0 Å². The fraction of sp³-hybridized carbons (Fsp3) is 0.302. The van der Waals surface area contributed by atoms with Gasteiger partial charge in [-0.2, -0.15) is 52.0 Å². The van der Waals surface area contributed by atoms with E-state index in [1.54, 1.807) is 12.1 Å². The molecule has 4 aromatic carbocycles. The van der Waals surface area contributed by atoms with Crippen molar-refractivity contribution in [2.24, 2.45) is 0 Å². The Labute approximate surface area is 392 Å². The van der Waals surface area contributed by atoms with Gasteiger partial charge in [0.05, 0.1) is 16.7 Å². The first-order valence-electron chi connectivity index (χ1n) is 20.7. The minimum absolute atomic E-state index is 0.0158. The molecule has 3 aliphatic rings. The van der Waals surface area contributed by atoms with Crippen molar-refractivity contribution in [2.75, 3.05) is 18.0 Å². The second-order valence-electron chi connectivity index (χ2n) is 16.0. The SMILES string of the molecule is CCN(CC)c1ccc2cc(C(=O)NC3CCC(NC(=O)c4ccc5c(c4)C(=O)OC54c5cc(F)c(OS(=O)(=O)C(F)(F)F)c(F)c5Oc5c4cc(F)c(OS(=O)(=O)C(F)(F)F)c5F)CC3)c(=O)oc2c1. The third-order valence-electron chi connectivity index (χ3n) is 11.8. The fourth-order valence-electron chi connectivity index (χ4n) is 8.37. The summed E-state index contributed by atoms with van der Waals surface area (Å²) in [4.78, 5) is 55.4. The standard InChI is InChI=1S/C43H31F10N3O13S2/c1-3-56(4-2)22-11-5-18-13-24(39(59)65-30(18)15-22)38(58)55-21-9-7-20(8-10-21)54-37(57)19-6-12-25-23(14-19)40(60)67-41(25)26-16-28(44)35(68-70(61,62)42(48,49)50)31(46)33(26)66-34-27(41)17-29(45)36(32(34)47)69-71(63,64)43(51,52)53/h5-6,11-17,20-21H,3-4,7-10H2,1-2H3,(H,54,57)(H,55,58). The van der Waals surface area contributed by atoms with Gasteiger partial charge in [-0.05, 0) is 82.0 Å². The lowest BCUT2D eigenvalue weighted by Gasteiger charge is -2.37. The number of fused-ring (bicyclic) bond motifs is 7. The van der Waals surface area contributed by atoms with Crippen molar-refractivity contribution in [1.82, 2.24) is 10.6 Å². The average molecular weight is 1050 g/mol. The number of nitrogens with one attached hydrogen (secondary N) is 2. The van der Waals surface area contributed by atoms with Crippen molar-refractivity contribution in [3.63, 3.8) is 0 Å². The minimum atomic E-state index is -6.88. The van der Waals surface area contributed by atoms with Gasteiger partial charge in [-0.3, -0.25) is 9.59 Å². The van der Waals surface area contributed by atoms with E-state index >= 15 is 17.6 Å². The van der Waals surface area contributed by atoms with E-state index in [2.05, 4.69) is 19.0 Å². The smallest absolute Gasteiger partial charge is 0.450 e. The molecule has 2 aliphatic heterocycles. The number of rotatable bonds is 11. The maximum atomic E-state index is 16.1. The molecule has 16 nitrogen and oxygen atoms in total. The highest BCUT2D eigenvalue weighted by molar-refractivity contribution is 7.88. The van der Waals surface area contributed by atoms with Crippen molar-refractivity contribution < 1.29 is 97.4 Å². The van der Waals surface area contributed by atoms with Gasteiger partial charge in [0.1, 0.15) is 11.1 Å². The highest BCUT2D eigenvalue weighted by atomic mass is 32.2. The number of carbonyl (C=O) groups is 3. The Morgan fingerprint density at radius 3 is 1.70 bits per heavy atom. The Bertz CT molecular complexity index is 3260. The third kappa shape index (κ3) is 8.68. The number of nitrogens with zero attached hydrogens (tertiary/aromatic N) is 1. The van der Waals surface area contributed by atoms with Crippen LogP contribution in [0.4, 0.5) is 49.6 Å². The molecule has 0 bridgehead atoms. The van der Waals surface area contributed by atoms with E-state index in [0.717, 1.165) is 23.9 Å². The Morgan fingerprint density at radius 2 is 1.21 bits per heavy atom. The number of halogens is 10. The van der Waals surface area contributed by atoms with Crippen LogP contribution in [0.3, 0.4) is 0 Å². The Hall–Kier alpha value is -7.10. The van der Waals surface area contributed by atoms with Gasteiger partial charge in [0, 0.05) is 53.4 Å². The van der Waals surface area contributed by atoms with Crippen LogP contribution in [-0.2, 0) is 30.6 Å². The molecule has 5 aromatic rings. The summed E-state index contributed by atoms with van der Waals surface area (Å²) in [6.45, 7) is 5.35. The van der Waals surface area contributed by atoms with E-state index in [1.807, 2.05) is 24.8 Å². The van der Waals surface area contributed by atoms with Gasteiger partial charge in [0.2, 0.25) is 23.1 Å². The van der Waals surface area contributed by atoms with Crippen molar-refractivity contribution in [2.45, 2.75) is 68.2 Å². The summed E-state index contributed by atoms with van der Waals surface area (Å²) < 4.78 is 213. The molecular weight excluding hydrogens is 1020 g/mol. The van der Waals surface area contributed by atoms with Crippen molar-refractivity contribution in [1.29, 1.82) is 0 Å². The Morgan fingerprint density at radius 1 is 0.704 bits per heavy atom. The molecule has 28 heteroatoms. The van der Waals surface area contributed by atoms with Crippen LogP contribution in [0.2, 0.25) is 0 Å². The quantitative estimate of drug-likeness (QED) is 0.0427.